The van der Waals surface area contributed by atoms with Crippen LogP contribution in [-0.2, 0) is 4.79 Å². The summed E-state index contributed by atoms with van der Waals surface area (Å²) in [5.41, 5.74) is 0. The number of nitrogens with one attached hydrogen (secondary N) is 2. The summed E-state index contributed by atoms with van der Waals surface area (Å²) in [6.45, 7) is 0.960. The van der Waals surface area contributed by atoms with Gasteiger partial charge in [0.1, 0.15) is 0 Å². The SMILES string of the molecule is CN1C2CCCC1CC(NC(=O)C1CSCCN1)C2. The lowest BCUT2D eigenvalue weighted by molar-refractivity contribution is -0.124. The maximum Gasteiger partial charge on any atom is 0.238 e. The smallest absolute Gasteiger partial charge is 0.238 e. The zero-order chi connectivity index (χ0) is 13.2. The fourth-order valence-corrected chi connectivity index (χ4v) is 4.70. The maximum atomic E-state index is 12.3. The highest BCUT2D eigenvalue weighted by Crippen LogP contribution is 2.32. The monoisotopic (exact) mass is 283 g/mol. The number of hydrogen-bond acceptors (Lipinski definition) is 4. The van der Waals surface area contributed by atoms with Gasteiger partial charge in [-0.2, -0.15) is 11.8 Å². The van der Waals surface area contributed by atoms with Crippen molar-refractivity contribution in [1.29, 1.82) is 0 Å². The molecule has 3 rings (SSSR count). The predicted octanol–water partition coefficient (Wildman–Crippen LogP) is 0.823. The third kappa shape index (κ3) is 3.09. The van der Waals surface area contributed by atoms with E-state index in [2.05, 4.69) is 22.6 Å². The number of thioether (sulfide) groups is 1. The Morgan fingerprint density at radius 1 is 1.32 bits per heavy atom. The van der Waals surface area contributed by atoms with Crippen molar-refractivity contribution < 1.29 is 4.79 Å². The molecule has 1 amide bonds. The van der Waals surface area contributed by atoms with Crippen molar-refractivity contribution in [2.45, 2.75) is 56.3 Å². The fraction of sp³-hybridized carbons (Fsp3) is 0.929. The van der Waals surface area contributed by atoms with Gasteiger partial charge in [0, 0.05) is 36.2 Å². The number of carbonyl (C=O) groups is 1. The van der Waals surface area contributed by atoms with E-state index in [0.29, 0.717) is 18.1 Å². The van der Waals surface area contributed by atoms with E-state index in [0.717, 1.165) is 30.9 Å². The topological polar surface area (TPSA) is 44.4 Å². The molecule has 2 N–H and O–H groups in total. The Hall–Kier alpha value is -0.260. The van der Waals surface area contributed by atoms with Crippen LogP contribution in [0.2, 0.25) is 0 Å². The molecule has 3 fully saturated rings. The molecule has 3 heterocycles. The molecule has 5 heteroatoms. The van der Waals surface area contributed by atoms with Crippen molar-refractivity contribution in [3.05, 3.63) is 0 Å². The molecule has 0 radical (unpaired) electrons. The first-order chi connectivity index (χ1) is 9.24. The van der Waals surface area contributed by atoms with Crippen molar-refractivity contribution >= 4 is 17.7 Å². The van der Waals surface area contributed by atoms with Gasteiger partial charge in [-0.3, -0.25) is 4.79 Å². The number of fused-ring (bicyclic) bond motifs is 2. The Morgan fingerprint density at radius 3 is 2.68 bits per heavy atom. The van der Waals surface area contributed by atoms with Gasteiger partial charge in [-0.25, -0.2) is 0 Å². The van der Waals surface area contributed by atoms with Crippen LogP contribution in [0.4, 0.5) is 0 Å². The minimum atomic E-state index is 0.0262. The number of nitrogens with zero attached hydrogens (tertiary/aromatic N) is 1. The van der Waals surface area contributed by atoms with Gasteiger partial charge in [-0.15, -0.1) is 0 Å². The minimum absolute atomic E-state index is 0.0262. The number of carbonyl (C=O) groups excluding carboxylic acids is 1. The average molecular weight is 283 g/mol. The van der Waals surface area contributed by atoms with Crippen molar-refractivity contribution in [3.8, 4) is 0 Å². The zero-order valence-corrected chi connectivity index (χ0v) is 12.5. The Kier molecular flexibility index (Phi) is 4.34. The number of rotatable bonds is 2. The van der Waals surface area contributed by atoms with Crippen molar-refractivity contribution in [1.82, 2.24) is 15.5 Å². The Morgan fingerprint density at radius 2 is 2.05 bits per heavy atom. The summed E-state index contributed by atoms with van der Waals surface area (Å²) < 4.78 is 0. The molecular weight excluding hydrogens is 258 g/mol. The van der Waals surface area contributed by atoms with Crippen LogP contribution in [0.3, 0.4) is 0 Å². The standard InChI is InChI=1S/C14H25N3OS/c1-17-11-3-2-4-12(17)8-10(7-11)16-14(18)13-9-19-6-5-15-13/h10-13,15H,2-9H2,1H3,(H,16,18). The Balaban J connectivity index is 1.54. The zero-order valence-electron chi connectivity index (χ0n) is 11.7. The first-order valence-electron chi connectivity index (χ1n) is 7.57. The van der Waals surface area contributed by atoms with E-state index in [4.69, 9.17) is 0 Å². The van der Waals surface area contributed by atoms with Gasteiger partial charge in [0.15, 0.2) is 0 Å². The highest BCUT2D eigenvalue weighted by atomic mass is 32.2. The Bertz CT molecular complexity index is 319. The molecule has 3 saturated heterocycles. The van der Waals surface area contributed by atoms with E-state index in [1.165, 1.54) is 19.3 Å². The van der Waals surface area contributed by atoms with Crippen LogP contribution in [-0.4, -0.2) is 60.1 Å². The van der Waals surface area contributed by atoms with E-state index in [1.807, 2.05) is 11.8 Å². The lowest BCUT2D eigenvalue weighted by atomic mass is 9.82. The summed E-state index contributed by atoms with van der Waals surface area (Å²) in [4.78, 5) is 14.8. The van der Waals surface area contributed by atoms with Crippen LogP contribution >= 0.6 is 11.8 Å². The molecule has 0 saturated carbocycles. The molecule has 3 aliphatic rings. The van der Waals surface area contributed by atoms with Gasteiger partial charge in [0.25, 0.3) is 0 Å². The van der Waals surface area contributed by atoms with Gasteiger partial charge < -0.3 is 15.5 Å². The second kappa shape index (κ2) is 6.02. The van der Waals surface area contributed by atoms with Crippen LogP contribution < -0.4 is 10.6 Å². The van der Waals surface area contributed by atoms with Gasteiger partial charge in [-0.1, -0.05) is 6.42 Å². The summed E-state index contributed by atoms with van der Waals surface area (Å²) in [6.07, 6.45) is 6.24. The normalized spacial score (nSPS) is 39.8. The average Bonchev–Trinajstić information content (AvgIpc) is 2.41. The van der Waals surface area contributed by atoms with Gasteiger partial charge in [0.2, 0.25) is 5.91 Å². The number of piperidine rings is 2. The van der Waals surface area contributed by atoms with Crippen LogP contribution in [0.15, 0.2) is 0 Å². The van der Waals surface area contributed by atoms with Crippen molar-refractivity contribution in [3.63, 3.8) is 0 Å². The minimum Gasteiger partial charge on any atom is -0.352 e. The molecule has 108 valence electrons. The van der Waals surface area contributed by atoms with Gasteiger partial charge in [-0.05, 0) is 32.7 Å². The van der Waals surface area contributed by atoms with Gasteiger partial charge >= 0.3 is 0 Å². The third-order valence-electron chi connectivity index (χ3n) is 4.92. The molecular formula is C14H25N3OS. The second-order valence-electron chi connectivity index (χ2n) is 6.16. The second-order valence-corrected chi connectivity index (χ2v) is 7.31. The number of amides is 1. The Labute approximate surface area is 120 Å². The van der Waals surface area contributed by atoms with E-state index < -0.39 is 0 Å². The highest BCUT2D eigenvalue weighted by molar-refractivity contribution is 7.99. The molecule has 0 aromatic rings. The molecule has 0 aromatic heterocycles. The van der Waals surface area contributed by atoms with Crippen LogP contribution in [0.5, 0.6) is 0 Å². The third-order valence-corrected chi connectivity index (χ3v) is 5.99. The first-order valence-corrected chi connectivity index (χ1v) is 8.73. The molecule has 4 nitrogen and oxygen atoms in total. The number of hydrogen-bond donors (Lipinski definition) is 2. The molecule has 3 unspecified atom stereocenters. The summed E-state index contributed by atoms with van der Waals surface area (Å²) >= 11 is 1.88. The van der Waals surface area contributed by atoms with E-state index >= 15 is 0 Å². The summed E-state index contributed by atoms with van der Waals surface area (Å²) in [5, 5.41) is 6.62. The van der Waals surface area contributed by atoms with E-state index in [1.54, 1.807) is 0 Å². The van der Waals surface area contributed by atoms with Crippen molar-refractivity contribution in [2.75, 3.05) is 25.1 Å². The maximum absolute atomic E-state index is 12.3. The molecule has 0 spiro atoms. The molecule has 3 atom stereocenters. The molecule has 2 bridgehead atoms. The molecule has 19 heavy (non-hydrogen) atoms. The van der Waals surface area contributed by atoms with Gasteiger partial charge in [0.05, 0.1) is 6.04 Å². The van der Waals surface area contributed by atoms with E-state index in [-0.39, 0.29) is 11.9 Å². The quantitative estimate of drug-likeness (QED) is 0.788. The first kappa shape index (κ1) is 13.7. The highest BCUT2D eigenvalue weighted by Gasteiger charge is 2.37. The summed E-state index contributed by atoms with van der Waals surface area (Å²) in [7, 11) is 2.26. The van der Waals surface area contributed by atoms with Crippen LogP contribution in [0.25, 0.3) is 0 Å². The van der Waals surface area contributed by atoms with E-state index in [9.17, 15) is 4.79 Å². The summed E-state index contributed by atoms with van der Waals surface area (Å²) in [6, 6.07) is 1.80. The molecule has 0 aromatic carbocycles. The molecule has 3 aliphatic heterocycles. The lowest BCUT2D eigenvalue weighted by Crippen LogP contribution is -2.58. The molecule has 0 aliphatic carbocycles. The van der Waals surface area contributed by atoms with Crippen molar-refractivity contribution in [2.24, 2.45) is 0 Å². The largest absolute Gasteiger partial charge is 0.352 e. The predicted molar refractivity (Wildman–Crippen MR) is 79.5 cm³/mol. The fourth-order valence-electron chi connectivity index (χ4n) is 3.77. The summed E-state index contributed by atoms with van der Waals surface area (Å²) in [5.74, 6) is 2.27. The van der Waals surface area contributed by atoms with Crippen LogP contribution in [0, 0.1) is 0 Å². The van der Waals surface area contributed by atoms with Crippen LogP contribution in [0.1, 0.15) is 32.1 Å². The lowest BCUT2D eigenvalue weighted by Gasteiger charge is -2.47.